The van der Waals surface area contributed by atoms with Crippen LogP contribution in [0.3, 0.4) is 0 Å². The maximum Gasteiger partial charge on any atom is 0.332 e. The lowest BCUT2D eigenvalue weighted by Crippen LogP contribution is -2.38. The fourth-order valence-electron chi connectivity index (χ4n) is 3.60. The highest BCUT2D eigenvalue weighted by Crippen LogP contribution is 2.38. The fourth-order valence-corrected chi connectivity index (χ4v) is 3.60. The lowest BCUT2D eigenvalue weighted by Gasteiger charge is -2.13. The maximum absolute atomic E-state index is 13.1. The molecule has 0 spiro atoms. The van der Waals surface area contributed by atoms with Gasteiger partial charge in [-0.2, -0.15) is 0 Å². The van der Waals surface area contributed by atoms with Gasteiger partial charge in [-0.05, 0) is 18.6 Å². The van der Waals surface area contributed by atoms with Crippen molar-refractivity contribution in [3.63, 3.8) is 0 Å². The Labute approximate surface area is 184 Å². The second-order valence-electron chi connectivity index (χ2n) is 7.39. The number of hydrogen-bond donors (Lipinski definition) is 0. The van der Waals surface area contributed by atoms with Crippen LogP contribution in [0, 0.1) is 0 Å². The molecule has 0 bridgehead atoms. The van der Waals surface area contributed by atoms with Crippen LogP contribution < -0.4 is 25.5 Å². The van der Waals surface area contributed by atoms with Gasteiger partial charge in [0.2, 0.25) is 5.75 Å². The van der Waals surface area contributed by atoms with Gasteiger partial charge in [0.15, 0.2) is 17.1 Å². The summed E-state index contributed by atoms with van der Waals surface area (Å²) in [6.07, 6.45) is 5.11. The van der Waals surface area contributed by atoms with Gasteiger partial charge >= 0.3 is 5.69 Å². The second-order valence-corrected chi connectivity index (χ2v) is 7.39. The van der Waals surface area contributed by atoms with Crippen molar-refractivity contribution in [3.8, 4) is 17.2 Å². The Morgan fingerprint density at radius 1 is 1.00 bits per heavy atom. The second kappa shape index (κ2) is 9.71. The van der Waals surface area contributed by atoms with Crippen molar-refractivity contribution >= 4 is 16.9 Å². The molecule has 0 fully saturated rings. The number of aryl methyl sites for hydroxylation is 1. The molecule has 2 heterocycles. The van der Waals surface area contributed by atoms with Crippen LogP contribution in [0.2, 0.25) is 0 Å². The van der Waals surface area contributed by atoms with E-state index in [0.29, 0.717) is 23.8 Å². The molecule has 1 aromatic carbocycles. The van der Waals surface area contributed by atoms with Crippen LogP contribution in [0.5, 0.6) is 17.2 Å². The number of benzene rings is 1. The van der Waals surface area contributed by atoms with Gasteiger partial charge in [0, 0.05) is 25.4 Å². The van der Waals surface area contributed by atoms with E-state index in [2.05, 4.69) is 12.0 Å². The predicted octanol–water partition coefficient (Wildman–Crippen LogP) is 2.19. The summed E-state index contributed by atoms with van der Waals surface area (Å²) in [6.45, 7) is 2.42. The summed E-state index contributed by atoms with van der Waals surface area (Å²) in [7, 11) is 5.91. The molecule has 3 aromatic rings. The number of methoxy groups -OCH3 is 3. The van der Waals surface area contributed by atoms with E-state index in [1.54, 1.807) is 0 Å². The molecule has 0 aliphatic carbocycles. The molecule has 2 aromatic heterocycles. The molecule has 0 saturated heterocycles. The summed E-state index contributed by atoms with van der Waals surface area (Å²) in [4.78, 5) is 38.8. The first-order valence-electron chi connectivity index (χ1n) is 10.4. The van der Waals surface area contributed by atoms with Crippen molar-refractivity contribution in [3.05, 3.63) is 44.7 Å². The Kier molecular flexibility index (Phi) is 7.01. The Hall–Kier alpha value is -3.56. The maximum atomic E-state index is 13.1. The molecule has 0 saturated carbocycles. The Balaban J connectivity index is 2.06. The highest BCUT2D eigenvalue weighted by Gasteiger charge is 2.21. The number of aromatic nitrogens is 4. The van der Waals surface area contributed by atoms with Gasteiger partial charge in [0.05, 0.1) is 21.3 Å². The van der Waals surface area contributed by atoms with Crippen LogP contribution >= 0.6 is 0 Å². The van der Waals surface area contributed by atoms with E-state index in [1.807, 2.05) is 0 Å². The number of unbranched alkanes of at least 4 members (excludes halogenated alkanes) is 3. The number of rotatable bonds is 9. The number of nitrogens with zero attached hydrogens (tertiary/aromatic N) is 4. The van der Waals surface area contributed by atoms with Crippen molar-refractivity contribution in [2.24, 2.45) is 7.05 Å². The van der Waals surface area contributed by atoms with E-state index in [9.17, 15) is 14.4 Å². The summed E-state index contributed by atoms with van der Waals surface area (Å²) in [5.41, 5.74) is -0.546. The van der Waals surface area contributed by atoms with Crippen LogP contribution in [-0.4, -0.2) is 46.2 Å². The topological polar surface area (TPSA) is 107 Å². The zero-order valence-corrected chi connectivity index (χ0v) is 19.0. The summed E-state index contributed by atoms with van der Waals surface area (Å²) in [5, 5.41) is 4.42. The van der Waals surface area contributed by atoms with Gasteiger partial charge in [-0.1, -0.05) is 26.2 Å². The van der Waals surface area contributed by atoms with E-state index in [1.165, 1.54) is 55.8 Å². The predicted molar refractivity (Wildman–Crippen MR) is 119 cm³/mol. The summed E-state index contributed by atoms with van der Waals surface area (Å²) >= 11 is 0. The molecule has 172 valence electrons. The fraction of sp³-hybridized carbons (Fsp3) is 0.455. The molecular formula is C22H28N4O6. The average Bonchev–Trinajstić information content (AvgIpc) is 3.26. The van der Waals surface area contributed by atoms with Crippen LogP contribution in [-0.2, 0) is 13.6 Å². The monoisotopic (exact) mass is 444 g/mol. The smallest absolute Gasteiger partial charge is 0.332 e. The van der Waals surface area contributed by atoms with Crippen LogP contribution in [0.25, 0.3) is 11.0 Å². The lowest BCUT2D eigenvalue weighted by atomic mass is 10.1. The van der Waals surface area contributed by atoms with Crippen molar-refractivity contribution in [2.75, 3.05) is 21.3 Å². The van der Waals surface area contributed by atoms with E-state index in [-0.39, 0.29) is 16.6 Å². The Morgan fingerprint density at radius 3 is 2.22 bits per heavy atom. The molecule has 3 rings (SSSR count). The number of fused-ring (bicyclic) bond motifs is 1. The van der Waals surface area contributed by atoms with Crippen LogP contribution in [0.4, 0.5) is 0 Å². The van der Waals surface area contributed by atoms with Gasteiger partial charge in [-0.3, -0.25) is 18.7 Å². The van der Waals surface area contributed by atoms with Gasteiger partial charge in [0.25, 0.3) is 11.5 Å². The van der Waals surface area contributed by atoms with Gasteiger partial charge in [-0.15, -0.1) is 5.10 Å². The Bertz CT molecular complexity index is 1230. The number of carbonyl (C=O) groups excluding carboxylic acids is 1. The quantitative estimate of drug-likeness (QED) is 0.466. The summed E-state index contributed by atoms with van der Waals surface area (Å²) in [5.74, 6) is 0.467. The minimum absolute atomic E-state index is 0.144. The largest absolute Gasteiger partial charge is 0.493 e. The van der Waals surface area contributed by atoms with Gasteiger partial charge < -0.3 is 14.2 Å². The number of hydrogen-bond acceptors (Lipinski definition) is 7. The highest BCUT2D eigenvalue weighted by atomic mass is 16.5. The third kappa shape index (κ3) is 4.12. The first-order chi connectivity index (χ1) is 15.4. The van der Waals surface area contributed by atoms with Crippen LogP contribution in [0.15, 0.2) is 27.9 Å². The average molecular weight is 444 g/mol. The van der Waals surface area contributed by atoms with E-state index in [4.69, 9.17) is 14.2 Å². The van der Waals surface area contributed by atoms with E-state index < -0.39 is 17.2 Å². The van der Waals surface area contributed by atoms with E-state index >= 15 is 0 Å². The standard InChI is InChI=1S/C22H28N4O6/c1-6-7-8-9-10-25-21(28)15-13-26(23-19(15)24(2)22(25)29)20(27)14-11-16(30-3)18(32-5)17(12-14)31-4/h11-13H,6-10H2,1-5H3. The molecule has 0 aliphatic rings. The van der Waals surface area contributed by atoms with Crippen LogP contribution in [0.1, 0.15) is 43.0 Å². The minimum Gasteiger partial charge on any atom is -0.493 e. The lowest BCUT2D eigenvalue weighted by molar-refractivity contribution is 0.0945. The molecule has 10 heteroatoms. The molecule has 0 N–H and O–H groups in total. The van der Waals surface area contributed by atoms with Crippen molar-refractivity contribution in [2.45, 2.75) is 39.2 Å². The van der Waals surface area contributed by atoms with Crippen molar-refractivity contribution in [1.29, 1.82) is 0 Å². The summed E-state index contributed by atoms with van der Waals surface area (Å²) < 4.78 is 19.4. The molecule has 32 heavy (non-hydrogen) atoms. The zero-order chi connectivity index (χ0) is 23.4. The molecule has 0 atom stereocenters. The van der Waals surface area contributed by atoms with Crippen molar-refractivity contribution in [1.82, 2.24) is 18.9 Å². The van der Waals surface area contributed by atoms with E-state index in [0.717, 1.165) is 30.4 Å². The van der Waals surface area contributed by atoms with Gasteiger partial charge in [-0.25, -0.2) is 9.48 Å². The third-order valence-electron chi connectivity index (χ3n) is 5.36. The molecular weight excluding hydrogens is 416 g/mol. The molecule has 0 amide bonds. The number of ether oxygens (including phenoxy) is 3. The van der Waals surface area contributed by atoms with Crippen molar-refractivity contribution < 1.29 is 19.0 Å². The third-order valence-corrected chi connectivity index (χ3v) is 5.36. The zero-order valence-electron chi connectivity index (χ0n) is 19.0. The molecule has 0 radical (unpaired) electrons. The molecule has 0 aliphatic heterocycles. The van der Waals surface area contributed by atoms with Gasteiger partial charge in [0.1, 0.15) is 5.39 Å². The highest BCUT2D eigenvalue weighted by molar-refractivity contribution is 5.98. The molecule has 0 unspecified atom stereocenters. The first kappa shape index (κ1) is 23.1. The minimum atomic E-state index is -0.512. The SMILES string of the molecule is CCCCCCn1c(=O)c2cn(C(=O)c3cc(OC)c(OC)c(OC)c3)nc2n(C)c1=O. The number of carbonyl (C=O) groups is 1. The Morgan fingerprint density at radius 2 is 1.66 bits per heavy atom. The summed E-state index contributed by atoms with van der Waals surface area (Å²) in [6, 6.07) is 3.00. The normalized spacial score (nSPS) is 11.0. The molecule has 10 nitrogen and oxygen atoms in total. The first-order valence-corrected chi connectivity index (χ1v) is 10.4.